The molecule has 11 nitrogen and oxygen atoms in total. The molecule has 0 bridgehead atoms. The third kappa shape index (κ3) is 5.07. The highest BCUT2D eigenvalue weighted by atomic mass is 16.6. The Labute approximate surface area is 219 Å². The van der Waals surface area contributed by atoms with E-state index in [0.29, 0.717) is 29.3 Å². The van der Waals surface area contributed by atoms with Crippen LogP contribution in [0.15, 0.2) is 48.8 Å². The molecule has 0 radical (unpaired) electrons. The van der Waals surface area contributed by atoms with Crippen molar-refractivity contribution < 1.29 is 14.4 Å². The van der Waals surface area contributed by atoms with Crippen molar-refractivity contribution in [1.82, 2.24) is 19.4 Å². The summed E-state index contributed by atoms with van der Waals surface area (Å²) < 4.78 is 13.3. The van der Waals surface area contributed by atoms with E-state index in [0.717, 1.165) is 41.9 Å². The van der Waals surface area contributed by atoms with Crippen molar-refractivity contribution in [3.05, 3.63) is 64.5 Å². The van der Waals surface area contributed by atoms with Gasteiger partial charge in [-0.2, -0.15) is 5.26 Å². The van der Waals surface area contributed by atoms with Gasteiger partial charge < -0.3 is 19.4 Å². The van der Waals surface area contributed by atoms with Crippen LogP contribution in [0, 0.1) is 21.4 Å². The minimum atomic E-state index is -0.490. The minimum absolute atomic E-state index is 0.102. The van der Waals surface area contributed by atoms with Crippen LogP contribution in [0.5, 0.6) is 11.5 Å². The van der Waals surface area contributed by atoms with Crippen LogP contribution in [0.25, 0.3) is 22.2 Å². The molecule has 194 valence electrons. The van der Waals surface area contributed by atoms with Gasteiger partial charge in [-0.3, -0.25) is 15.0 Å². The molecule has 1 aliphatic heterocycles. The highest BCUT2D eigenvalue weighted by Crippen LogP contribution is 2.35. The van der Waals surface area contributed by atoms with Crippen molar-refractivity contribution in [1.29, 1.82) is 5.26 Å². The fraction of sp³-hybridized carbons (Fsp3) is 0.296. The molecule has 1 fully saturated rings. The standard InChI is InChI=1S/C27H27N7O4/c1-32-17-22(21-7-6-20(14-24(21)32)38-12-11-33-9-3-4-10-33)26-18(15-28)16-29-27(31-26)30-23-13-19(34(35)36)5-8-25(23)37-2/h5-8,13-14,16-17H,3-4,9-12H2,1-2H3,(H,29,30,31). The van der Waals surface area contributed by atoms with E-state index < -0.39 is 4.92 Å². The van der Waals surface area contributed by atoms with Gasteiger partial charge in [0.15, 0.2) is 0 Å². The first-order valence-corrected chi connectivity index (χ1v) is 12.3. The lowest BCUT2D eigenvalue weighted by Crippen LogP contribution is -2.25. The van der Waals surface area contributed by atoms with E-state index in [2.05, 4.69) is 26.3 Å². The summed E-state index contributed by atoms with van der Waals surface area (Å²) in [7, 11) is 3.40. The Bertz CT molecular complexity index is 1540. The van der Waals surface area contributed by atoms with Gasteiger partial charge in [-0.25, -0.2) is 9.97 Å². The van der Waals surface area contributed by atoms with E-state index in [1.165, 1.54) is 44.3 Å². The zero-order valence-corrected chi connectivity index (χ0v) is 21.2. The maximum atomic E-state index is 11.3. The van der Waals surface area contributed by atoms with E-state index in [-0.39, 0.29) is 11.6 Å². The predicted molar refractivity (Wildman–Crippen MR) is 143 cm³/mol. The molecule has 0 unspecified atom stereocenters. The van der Waals surface area contributed by atoms with Crippen LogP contribution in [-0.4, -0.2) is 57.7 Å². The van der Waals surface area contributed by atoms with E-state index in [4.69, 9.17) is 9.47 Å². The molecule has 1 saturated heterocycles. The summed E-state index contributed by atoms with van der Waals surface area (Å²) in [4.78, 5) is 22.0. The Hall–Kier alpha value is -4.69. The van der Waals surface area contributed by atoms with Crippen molar-refractivity contribution in [2.24, 2.45) is 7.05 Å². The van der Waals surface area contributed by atoms with E-state index in [1.54, 1.807) is 0 Å². The molecular weight excluding hydrogens is 486 g/mol. The Kier molecular flexibility index (Phi) is 7.06. The van der Waals surface area contributed by atoms with E-state index >= 15 is 0 Å². The van der Waals surface area contributed by atoms with Crippen LogP contribution in [0.4, 0.5) is 17.3 Å². The number of aromatic nitrogens is 3. The number of fused-ring (bicyclic) bond motifs is 1. The Morgan fingerprint density at radius 2 is 2.03 bits per heavy atom. The second kappa shape index (κ2) is 10.7. The molecule has 1 N–H and O–H groups in total. The molecule has 5 rings (SSSR count). The third-order valence-electron chi connectivity index (χ3n) is 6.64. The summed E-state index contributed by atoms with van der Waals surface area (Å²) in [5.41, 5.74) is 2.69. The Morgan fingerprint density at radius 1 is 1.21 bits per heavy atom. The summed E-state index contributed by atoms with van der Waals surface area (Å²) in [5, 5.41) is 24.9. The molecule has 0 saturated carbocycles. The van der Waals surface area contributed by atoms with Crippen LogP contribution in [0.1, 0.15) is 18.4 Å². The van der Waals surface area contributed by atoms with Crippen LogP contribution in [0.3, 0.4) is 0 Å². The van der Waals surface area contributed by atoms with Crippen molar-refractivity contribution in [3.8, 4) is 28.8 Å². The number of hydrogen-bond donors (Lipinski definition) is 1. The summed E-state index contributed by atoms with van der Waals surface area (Å²) in [6, 6.07) is 12.3. The monoisotopic (exact) mass is 513 g/mol. The maximum absolute atomic E-state index is 11.3. The summed E-state index contributed by atoms with van der Waals surface area (Å²) in [5.74, 6) is 1.36. The van der Waals surface area contributed by atoms with Gasteiger partial charge in [-0.05, 0) is 44.1 Å². The molecular formula is C27H27N7O4. The van der Waals surface area contributed by atoms with Gasteiger partial charge in [0.1, 0.15) is 24.2 Å². The lowest BCUT2D eigenvalue weighted by atomic mass is 10.1. The van der Waals surface area contributed by atoms with E-state index in [9.17, 15) is 15.4 Å². The van der Waals surface area contributed by atoms with Gasteiger partial charge in [0.05, 0.1) is 40.7 Å². The molecule has 11 heteroatoms. The number of methoxy groups -OCH3 is 1. The first-order chi connectivity index (χ1) is 18.5. The van der Waals surface area contributed by atoms with Crippen LogP contribution in [-0.2, 0) is 7.05 Å². The maximum Gasteiger partial charge on any atom is 0.271 e. The number of anilines is 2. The average Bonchev–Trinajstić information content (AvgIpc) is 3.56. The number of nitro groups is 1. The molecule has 2 aromatic heterocycles. The third-order valence-corrected chi connectivity index (χ3v) is 6.64. The average molecular weight is 514 g/mol. The van der Waals surface area contributed by atoms with Gasteiger partial charge in [0.2, 0.25) is 5.95 Å². The van der Waals surface area contributed by atoms with Gasteiger partial charge in [0, 0.05) is 48.9 Å². The normalized spacial score (nSPS) is 13.4. The largest absolute Gasteiger partial charge is 0.495 e. The quantitative estimate of drug-likeness (QED) is 0.251. The number of aryl methyl sites for hydroxylation is 1. The topological polar surface area (TPSA) is 131 Å². The van der Waals surface area contributed by atoms with Gasteiger partial charge in [-0.1, -0.05) is 0 Å². The fourth-order valence-electron chi connectivity index (χ4n) is 4.70. The lowest BCUT2D eigenvalue weighted by Gasteiger charge is -2.15. The smallest absolute Gasteiger partial charge is 0.271 e. The van der Waals surface area contributed by atoms with Crippen molar-refractivity contribution in [3.63, 3.8) is 0 Å². The number of nitrogens with zero attached hydrogens (tertiary/aromatic N) is 6. The predicted octanol–water partition coefficient (Wildman–Crippen LogP) is 4.64. The van der Waals surface area contributed by atoms with Crippen LogP contribution >= 0.6 is 0 Å². The number of benzene rings is 2. The van der Waals surface area contributed by atoms with Gasteiger partial charge >= 0.3 is 0 Å². The SMILES string of the molecule is COc1ccc([N+](=O)[O-])cc1Nc1ncc(C#N)c(-c2cn(C)c3cc(OCCN4CCCC4)ccc23)n1. The molecule has 0 amide bonds. The number of non-ortho nitro benzene ring substituents is 1. The minimum Gasteiger partial charge on any atom is -0.495 e. The van der Waals surface area contributed by atoms with Crippen LogP contribution in [0.2, 0.25) is 0 Å². The first-order valence-electron chi connectivity index (χ1n) is 12.3. The van der Waals surface area contributed by atoms with Crippen molar-refractivity contribution in [2.75, 3.05) is 38.7 Å². The van der Waals surface area contributed by atoms with Crippen molar-refractivity contribution >= 4 is 28.2 Å². The lowest BCUT2D eigenvalue weighted by molar-refractivity contribution is -0.384. The summed E-state index contributed by atoms with van der Waals surface area (Å²) in [6.07, 6.45) is 5.85. The molecule has 3 heterocycles. The second-order valence-corrected chi connectivity index (χ2v) is 9.06. The van der Waals surface area contributed by atoms with Crippen LogP contribution < -0.4 is 14.8 Å². The second-order valence-electron chi connectivity index (χ2n) is 9.06. The molecule has 38 heavy (non-hydrogen) atoms. The highest BCUT2D eigenvalue weighted by molar-refractivity contribution is 5.97. The highest BCUT2D eigenvalue weighted by Gasteiger charge is 2.18. The zero-order chi connectivity index (χ0) is 26.6. The molecule has 0 atom stereocenters. The number of rotatable bonds is 9. The number of nitriles is 1. The van der Waals surface area contributed by atoms with Gasteiger partial charge in [0.25, 0.3) is 5.69 Å². The first kappa shape index (κ1) is 25.0. The molecule has 4 aromatic rings. The molecule has 1 aliphatic rings. The summed E-state index contributed by atoms with van der Waals surface area (Å²) in [6.45, 7) is 3.81. The number of hydrogen-bond acceptors (Lipinski definition) is 9. The van der Waals surface area contributed by atoms with Crippen molar-refractivity contribution in [2.45, 2.75) is 12.8 Å². The summed E-state index contributed by atoms with van der Waals surface area (Å²) >= 11 is 0. The zero-order valence-electron chi connectivity index (χ0n) is 21.2. The molecule has 0 aliphatic carbocycles. The molecule has 2 aromatic carbocycles. The molecule has 0 spiro atoms. The number of nitro benzene ring substituents is 1. The van der Waals surface area contributed by atoms with Gasteiger partial charge in [-0.15, -0.1) is 0 Å². The Balaban J connectivity index is 1.45. The fourth-order valence-corrected chi connectivity index (χ4v) is 4.70. The number of ether oxygens (including phenoxy) is 2. The number of nitrogens with one attached hydrogen (secondary N) is 1. The Morgan fingerprint density at radius 3 is 2.76 bits per heavy atom. The van der Waals surface area contributed by atoms with E-state index in [1.807, 2.05) is 36.0 Å². The number of likely N-dealkylation sites (tertiary alicyclic amines) is 1.